The highest BCUT2D eigenvalue weighted by Gasteiger charge is 2.41. The predicted molar refractivity (Wildman–Crippen MR) is 249 cm³/mol. The number of aromatic nitrogens is 3. The Balaban J connectivity index is 1.01. The maximum absolute atomic E-state index is 6.70. The van der Waals surface area contributed by atoms with Crippen molar-refractivity contribution >= 4 is 65.4 Å². The van der Waals surface area contributed by atoms with Crippen molar-refractivity contribution in [1.29, 1.82) is 0 Å². The number of para-hydroxylation sites is 1. The minimum absolute atomic E-state index is 0.408. The van der Waals surface area contributed by atoms with Crippen LogP contribution >= 0.6 is 0 Å². The Morgan fingerprint density at radius 1 is 0.361 bits per heavy atom. The van der Waals surface area contributed by atoms with Crippen LogP contribution < -0.4 is 0 Å². The molecule has 0 radical (unpaired) electrons. The topological polar surface area (TPSA) is 65.0 Å². The maximum atomic E-state index is 6.70. The van der Waals surface area contributed by atoms with Gasteiger partial charge in [-0.15, -0.1) is 0 Å². The zero-order valence-corrected chi connectivity index (χ0v) is 33.4. The van der Waals surface area contributed by atoms with E-state index in [-0.39, 0.29) is 0 Å². The Morgan fingerprint density at radius 2 is 1.00 bits per heavy atom. The van der Waals surface area contributed by atoms with Crippen LogP contribution in [0.4, 0.5) is 0 Å². The summed E-state index contributed by atoms with van der Waals surface area (Å²) in [6.07, 6.45) is 0. The largest absolute Gasteiger partial charge is 0.456 e. The van der Waals surface area contributed by atoms with E-state index in [9.17, 15) is 0 Å². The summed E-state index contributed by atoms with van der Waals surface area (Å²) < 4.78 is 13.3. The van der Waals surface area contributed by atoms with Crippen molar-refractivity contribution in [3.05, 3.63) is 187 Å². The molecule has 0 saturated carbocycles. The highest BCUT2D eigenvalue weighted by atomic mass is 16.3. The molecular formula is C56H35N3O2. The van der Waals surface area contributed by atoms with Gasteiger partial charge in [0, 0.05) is 49.2 Å². The van der Waals surface area contributed by atoms with E-state index >= 15 is 0 Å². The molecule has 286 valence electrons. The van der Waals surface area contributed by atoms with Crippen LogP contribution in [0.25, 0.3) is 122 Å². The minimum Gasteiger partial charge on any atom is -0.456 e. The molecule has 0 amide bonds. The Kier molecular flexibility index (Phi) is 7.00. The van der Waals surface area contributed by atoms with E-state index in [1.54, 1.807) is 0 Å². The molecule has 12 aromatic rings. The number of nitrogens with zero attached hydrogens (tertiary/aromatic N) is 3. The monoisotopic (exact) mass is 781 g/mol. The standard InChI is InChI=1S/C56H35N3O2/c1-56(2)50-40(41-27-28-42-38-20-10-11-25-46(38)61-52(42)51(41)56)23-13-24-43(50)55-58-53(33-15-4-3-5-16-33)57-54(59-55)34-26-29-47-45(30-34)49-39-21-9-8-19-37(39)44(31-48(49)60-47)36-22-12-17-32-14-6-7-18-35(32)36/h3-31H,1-2H3. The number of hydrogen-bond acceptors (Lipinski definition) is 5. The Bertz CT molecular complexity index is 3800. The lowest BCUT2D eigenvalue weighted by Crippen LogP contribution is -2.17. The van der Waals surface area contributed by atoms with Crippen molar-refractivity contribution in [3.63, 3.8) is 0 Å². The molecule has 5 nitrogen and oxygen atoms in total. The van der Waals surface area contributed by atoms with Crippen molar-refractivity contribution in [2.45, 2.75) is 19.3 Å². The first-order valence-electron chi connectivity index (χ1n) is 20.8. The molecule has 3 aromatic heterocycles. The zero-order chi connectivity index (χ0) is 40.4. The molecule has 0 aliphatic heterocycles. The Hall–Kier alpha value is -7.89. The third-order valence-electron chi connectivity index (χ3n) is 12.9. The van der Waals surface area contributed by atoms with Gasteiger partial charge in [0.1, 0.15) is 22.3 Å². The van der Waals surface area contributed by atoms with E-state index in [0.717, 1.165) is 71.5 Å². The fourth-order valence-electron chi connectivity index (χ4n) is 10.2. The van der Waals surface area contributed by atoms with E-state index in [1.165, 1.54) is 44.0 Å². The number of rotatable bonds is 4. The molecule has 3 heterocycles. The highest BCUT2D eigenvalue weighted by molar-refractivity contribution is 6.23. The van der Waals surface area contributed by atoms with Gasteiger partial charge >= 0.3 is 0 Å². The molecular weight excluding hydrogens is 747 g/mol. The lowest BCUT2D eigenvalue weighted by atomic mass is 9.79. The highest BCUT2D eigenvalue weighted by Crippen LogP contribution is 2.55. The molecule has 0 N–H and O–H groups in total. The number of benzene rings is 9. The van der Waals surface area contributed by atoms with Crippen LogP contribution in [-0.2, 0) is 5.41 Å². The van der Waals surface area contributed by atoms with Gasteiger partial charge in [-0.3, -0.25) is 0 Å². The van der Waals surface area contributed by atoms with Crippen LogP contribution in [-0.4, -0.2) is 15.0 Å². The molecule has 0 fully saturated rings. The summed E-state index contributed by atoms with van der Waals surface area (Å²) in [6.45, 7) is 4.59. The van der Waals surface area contributed by atoms with Gasteiger partial charge in [-0.05, 0) is 85.8 Å². The summed E-state index contributed by atoms with van der Waals surface area (Å²) in [4.78, 5) is 15.8. The number of hydrogen-bond donors (Lipinski definition) is 0. The molecule has 0 atom stereocenters. The van der Waals surface area contributed by atoms with Gasteiger partial charge in [0.15, 0.2) is 17.5 Å². The lowest BCUT2D eigenvalue weighted by Gasteiger charge is -2.24. The quantitative estimate of drug-likeness (QED) is 0.178. The fourth-order valence-corrected chi connectivity index (χ4v) is 10.2. The predicted octanol–water partition coefficient (Wildman–Crippen LogP) is 15.0. The molecule has 1 aliphatic rings. The molecule has 0 saturated heterocycles. The van der Waals surface area contributed by atoms with Gasteiger partial charge < -0.3 is 8.83 Å². The van der Waals surface area contributed by atoms with Crippen LogP contribution in [0.3, 0.4) is 0 Å². The molecule has 1 aliphatic carbocycles. The molecule has 0 unspecified atom stereocenters. The summed E-state index contributed by atoms with van der Waals surface area (Å²) >= 11 is 0. The van der Waals surface area contributed by atoms with Gasteiger partial charge in [0.2, 0.25) is 0 Å². The summed E-state index contributed by atoms with van der Waals surface area (Å²) in [6, 6.07) is 61.7. The van der Waals surface area contributed by atoms with Gasteiger partial charge in [-0.2, -0.15) is 0 Å². The average molecular weight is 782 g/mol. The van der Waals surface area contributed by atoms with Crippen LogP contribution in [0.15, 0.2) is 185 Å². The Labute approximate surface area is 350 Å². The normalized spacial score (nSPS) is 13.2. The van der Waals surface area contributed by atoms with Crippen molar-refractivity contribution < 1.29 is 8.83 Å². The van der Waals surface area contributed by atoms with E-state index < -0.39 is 5.41 Å². The average Bonchev–Trinajstić information content (AvgIpc) is 3.95. The molecule has 61 heavy (non-hydrogen) atoms. The van der Waals surface area contributed by atoms with E-state index in [4.69, 9.17) is 23.8 Å². The Morgan fingerprint density at radius 3 is 1.87 bits per heavy atom. The first-order valence-corrected chi connectivity index (χ1v) is 20.8. The minimum atomic E-state index is -0.408. The molecule has 0 spiro atoms. The van der Waals surface area contributed by atoms with E-state index in [0.29, 0.717) is 17.5 Å². The summed E-state index contributed by atoms with van der Waals surface area (Å²) in [5.41, 5.74) is 12.9. The van der Waals surface area contributed by atoms with E-state index in [1.807, 2.05) is 24.3 Å². The van der Waals surface area contributed by atoms with Crippen LogP contribution in [0.2, 0.25) is 0 Å². The molecule has 0 bridgehead atoms. The van der Waals surface area contributed by atoms with Crippen LogP contribution in [0, 0.1) is 0 Å². The number of furan rings is 2. The zero-order valence-electron chi connectivity index (χ0n) is 33.4. The third kappa shape index (κ3) is 4.92. The second-order valence-corrected chi connectivity index (χ2v) is 16.7. The third-order valence-corrected chi connectivity index (χ3v) is 12.9. The van der Waals surface area contributed by atoms with Gasteiger partial charge in [0.25, 0.3) is 0 Å². The first kappa shape index (κ1) is 34.0. The number of fused-ring (bicyclic) bond motifs is 13. The molecule has 13 rings (SSSR count). The van der Waals surface area contributed by atoms with Crippen molar-refractivity contribution in [2.75, 3.05) is 0 Å². The lowest BCUT2D eigenvalue weighted by molar-refractivity contribution is 0.620. The van der Waals surface area contributed by atoms with Crippen LogP contribution in [0.5, 0.6) is 0 Å². The SMILES string of the molecule is CC1(C)c2c(-c3nc(-c4ccccc4)nc(-c4ccc5oc6cc(-c7cccc8ccccc78)c7ccccc7c6c5c4)n3)cccc2-c2ccc3c(oc4ccccc43)c21. The van der Waals surface area contributed by atoms with Crippen molar-refractivity contribution in [2.24, 2.45) is 0 Å². The van der Waals surface area contributed by atoms with Gasteiger partial charge in [0.05, 0.1) is 0 Å². The molecule has 9 aromatic carbocycles. The summed E-state index contributed by atoms with van der Waals surface area (Å²) in [5.74, 6) is 1.85. The second-order valence-electron chi connectivity index (χ2n) is 16.7. The maximum Gasteiger partial charge on any atom is 0.164 e. The first-order chi connectivity index (χ1) is 30.0. The van der Waals surface area contributed by atoms with Crippen molar-refractivity contribution in [3.8, 4) is 56.4 Å². The van der Waals surface area contributed by atoms with Crippen molar-refractivity contribution in [1.82, 2.24) is 15.0 Å². The van der Waals surface area contributed by atoms with E-state index in [2.05, 4.69) is 166 Å². The van der Waals surface area contributed by atoms with Gasteiger partial charge in [-0.1, -0.05) is 153 Å². The molecule has 5 heteroatoms. The smallest absolute Gasteiger partial charge is 0.164 e. The fraction of sp³-hybridized carbons (Fsp3) is 0.0536. The summed E-state index contributed by atoms with van der Waals surface area (Å²) in [5, 5.41) is 9.09. The second kappa shape index (κ2) is 12.6. The van der Waals surface area contributed by atoms with Gasteiger partial charge in [-0.25, -0.2) is 15.0 Å². The summed E-state index contributed by atoms with van der Waals surface area (Å²) in [7, 11) is 0. The van der Waals surface area contributed by atoms with Crippen LogP contribution in [0.1, 0.15) is 25.0 Å².